The van der Waals surface area contributed by atoms with Gasteiger partial charge in [-0.2, -0.15) is 0 Å². The highest BCUT2D eigenvalue weighted by atomic mass is 79.9. The third-order valence-corrected chi connectivity index (χ3v) is 5.55. The molecule has 3 aromatic rings. The number of benzene rings is 1. The number of amides is 1. The third-order valence-electron chi connectivity index (χ3n) is 3.30. The first-order valence-corrected chi connectivity index (χ1v) is 10.2. The number of halogens is 1. The fourth-order valence-corrected chi connectivity index (χ4v) is 3.77. The van der Waals surface area contributed by atoms with Gasteiger partial charge >= 0.3 is 5.97 Å². The molecule has 0 unspecified atom stereocenters. The first kappa shape index (κ1) is 18.6. The Morgan fingerprint density at radius 3 is 2.42 bits per heavy atom. The van der Waals surface area contributed by atoms with Crippen LogP contribution in [0.3, 0.4) is 0 Å². The van der Waals surface area contributed by atoms with E-state index < -0.39 is 5.97 Å². The van der Waals surface area contributed by atoms with Crippen molar-refractivity contribution in [1.82, 2.24) is 0 Å². The SMILES string of the molecule is O=C(COC(=O)C(=Cc1cccs1)c1cccs1)Nc1ccc(Br)cc1. The van der Waals surface area contributed by atoms with Crippen molar-refractivity contribution in [2.75, 3.05) is 11.9 Å². The van der Waals surface area contributed by atoms with E-state index >= 15 is 0 Å². The van der Waals surface area contributed by atoms with Crippen molar-refractivity contribution in [3.63, 3.8) is 0 Å². The van der Waals surface area contributed by atoms with Crippen LogP contribution in [0.15, 0.2) is 63.8 Å². The second-order valence-corrected chi connectivity index (χ2v) is 8.02. The van der Waals surface area contributed by atoms with Gasteiger partial charge in [-0.25, -0.2) is 4.79 Å². The average molecular weight is 448 g/mol. The van der Waals surface area contributed by atoms with Crippen molar-refractivity contribution >= 4 is 67.8 Å². The van der Waals surface area contributed by atoms with Gasteiger partial charge < -0.3 is 10.1 Å². The number of esters is 1. The number of anilines is 1. The Kier molecular flexibility index (Phi) is 6.38. The molecule has 7 heteroatoms. The Hall–Kier alpha value is -2.22. The molecule has 0 aliphatic rings. The summed E-state index contributed by atoms with van der Waals surface area (Å²) < 4.78 is 6.14. The minimum atomic E-state index is -0.521. The summed E-state index contributed by atoms with van der Waals surface area (Å²) in [6, 6.07) is 14.7. The van der Waals surface area contributed by atoms with Gasteiger partial charge in [0.15, 0.2) is 6.61 Å². The minimum Gasteiger partial charge on any atom is -0.452 e. The van der Waals surface area contributed by atoms with Crippen LogP contribution in [0.4, 0.5) is 5.69 Å². The summed E-state index contributed by atoms with van der Waals surface area (Å²) in [6.07, 6.45) is 1.78. The van der Waals surface area contributed by atoms with Gasteiger partial charge in [0, 0.05) is 19.9 Å². The number of carbonyl (C=O) groups excluding carboxylic acids is 2. The minimum absolute atomic E-state index is 0.345. The number of hydrogen-bond acceptors (Lipinski definition) is 5. The first-order chi connectivity index (χ1) is 12.6. The van der Waals surface area contributed by atoms with Gasteiger partial charge in [0.05, 0.1) is 5.57 Å². The van der Waals surface area contributed by atoms with Crippen LogP contribution in [0, 0.1) is 0 Å². The van der Waals surface area contributed by atoms with Crippen LogP contribution in [0.2, 0.25) is 0 Å². The lowest BCUT2D eigenvalue weighted by atomic mass is 10.2. The predicted octanol–water partition coefficient (Wildman–Crippen LogP) is 5.29. The Morgan fingerprint density at radius 1 is 1.04 bits per heavy atom. The third kappa shape index (κ3) is 5.14. The van der Waals surface area contributed by atoms with Crippen molar-refractivity contribution in [2.24, 2.45) is 0 Å². The standard InChI is InChI=1S/C19H14BrNO3S2/c20-13-5-7-14(8-6-13)21-18(22)12-24-19(23)16(17-4-2-10-26-17)11-15-3-1-9-25-15/h1-11H,12H2,(H,21,22). The van der Waals surface area contributed by atoms with Crippen LogP contribution < -0.4 is 5.32 Å². The van der Waals surface area contributed by atoms with Gasteiger partial charge in [-0.15, -0.1) is 22.7 Å². The van der Waals surface area contributed by atoms with E-state index in [0.717, 1.165) is 14.2 Å². The fourth-order valence-electron chi connectivity index (χ4n) is 2.12. The van der Waals surface area contributed by atoms with Crippen molar-refractivity contribution in [3.8, 4) is 0 Å². The molecular weight excluding hydrogens is 434 g/mol. The summed E-state index contributed by atoms with van der Waals surface area (Å²) in [6.45, 7) is -0.345. The molecule has 1 N–H and O–H groups in total. The molecule has 0 saturated carbocycles. The van der Waals surface area contributed by atoms with Crippen LogP contribution in [-0.2, 0) is 14.3 Å². The maximum Gasteiger partial charge on any atom is 0.340 e. The van der Waals surface area contributed by atoms with Crippen LogP contribution >= 0.6 is 38.6 Å². The quantitative estimate of drug-likeness (QED) is 0.412. The molecule has 132 valence electrons. The summed E-state index contributed by atoms with van der Waals surface area (Å²) in [7, 11) is 0. The molecule has 2 heterocycles. The molecule has 0 saturated heterocycles. The second-order valence-electron chi connectivity index (χ2n) is 5.18. The molecule has 0 fully saturated rings. The maximum atomic E-state index is 12.5. The lowest BCUT2D eigenvalue weighted by Crippen LogP contribution is -2.21. The van der Waals surface area contributed by atoms with Gasteiger partial charge in [0.1, 0.15) is 0 Å². The summed E-state index contributed by atoms with van der Waals surface area (Å²) in [5.74, 6) is -0.908. The molecule has 0 atom stereocenters. The molecule has 26 heavy (non-hydrogen) atoms. The van der Waals surface area contributed by atoms with E-state index in [1.54, 1.807) is 18.2 Å². The normalized spacial score (nSPS) is 11.2. The van der Waals surface area contributed by atoms with Crippen molar-refractivity contribution in [3.05, 3.63) is 73.5 Å². The van der Waals surface area contributed by atoms with Crippen LogP contribution in [0.5, 0.6) is 0 Å². The Morgan fingerprint density at radius 2 is 1.77 bits per heavy atom. The largest absolute Gasteiger partial charge is 0.452 e. The predicted molar refractivity (Wildman–Crippen MR) is 110 cm³/mol. The van der Waals surface area contributed by atoms with E-state index in [1.807, 2.05) is 47.2 Å². The van der Waals surface area contributed by atoms with Gasteiger partial charge in [0.2, 0.25) is 0 Å². The molecule has 0 radical (unpaired) electrons. The molecule has 1 amide bonds. The van der Waals surface area contributed by atoms with Crippen LogP contribution in [0.25, 0.3) is 11.6 Å². The van der Waals surface area contributed by atoms with Gasteiger partial charge in [-0.05, 0) is 53.2 Å². The number of thiophene rings is 2. The van der Waals surface area contributed by atoms with E-state index in [0.29, 0.717) is 11.3 Å². The van der Waals surface area contributed by atoms with Gasteiger partial charge in [-0.1, -0.05) is 28.1 Å². The second kappa shape index (κ2) is 8.93. The fraction of sp³-hybridized carbons (Fsp3) is 0.0526. The average Bonchev–Trinajstić information content (AvgIpc) is 3.33. The lowest BCUT2D eigenvalue weighted by molar-refractivity contribution is -0.141. The number of rotatable bonds is 6. The lowest BCUT2D eigenvalue weighted by Gasteiger charge is -2.08. The Bertz CT molecular complexity index is 901. The van der Waals surface area contributed by atoms with Crippen LogP contribution in [-0.4, -0.2) is 18.5 Å². The van der Waals surface area contributed by atoms with Gasteiger partial charge in [0.25, 0.3) is 5.91 Å². The Balaban J connectivity index is 1.64. The molecule has 0 bridgehead atoms. The monoisotopic (exact) mass is 447 g/mol. The zero-order valence-electron chi connectivity index (χ0n) is 13.5. The molecular formula is C19H14BrNO3S2. The number of carbonyl (C=O) groups is 2. The van der Waals surface area contributed by atoms with Gasteiger partial charge in [-0.3, -0.25) is 4.79 Å². The van der Waals surface area contributed by atoms with E-state index in [2.05, 4.69) is 21.2 Å². The highest BCUT2D eigenvalue weighted by Crippen LogP contribution is 2.25. The highest BCUT2D eigenvalue weighted by Gasteiger charge is 2.17. The maximum absolute atomic E-state index is 12.5. The van der Waals surface area contributed by atoms with Crippen molar-refractivity contribution in [2.45, 2.75) is 0 Å². The zero-order chi connectivity index (χ0) is 18.4. The summed E-state index contributed by atoms with van der Waals surface area (Å²) >= 11 is 6.31. The number of ether oxygens (including phenoxy) is 1. The van der Waals surface area contributed by atoms with E-state index in [-0.39, 0.29) is 12.5 Å². The summed E-state index contributed by atoms with van der Waals surface area (Å²) in [5.41, 5.74) is 1.08. The molecule has 0 aliphatic carbocycles. The first-order valence-electron chi connectivity index (χ1n) is 7.63. The number of hydrogen-bond donors (Lipinski definition) is 1. The van der Waals surface area contributed by atoms with Crippen molar-refractivity contribution in [1.29, 1.82) is 0 Å². The van der Waals surface area contributed by atoms with Crippen molar-refractivity contribution < 1.29 is 14.3 Å². The topological polar surface area (TPSA) is 55.4 Å². The molecule has 1 aromatic carbocycles. The smallest absolute Gasteiger partial charge is 0.340 e. The summed E-state index contributed by atoms with van der Waals surface area (Å²) in [5, 5.41) is 6.53. The molecule has 3 rings (SSSR count). The molecule has 0 spiro atoms. The summed E-state index contributed by atoms with van der Waals surface area (Å²) in [4.78, 5) is 26.3. The van der Waals surface area contributed by atoms with E-state index in [4.69, 9.17) is 4.74 Å². The molecule has 0 aliphatic heterocycles. The van der Waals surface area contributed by atoms with E-state index in [9.17, 15) is 9.59 Å². The van der Waals surface area contributed by atoms with E-state index in [1.165, 1.54) is 22.7 Å². The highest BCUT2D eigenvalue weighted by molar-refractivity contribution is 9.10. The zero-order valence-corrected chi connectivity index (χ0v) is 16.7. The Labute approximate surface area is 167 Å². The van der Waals surface area contributed by atoms with Crippen LogP contribution in [0.1, 0.15) is 9.75 Å². The molecule has 4 nitrogen and oxygen atoms in total. The number of nitrogens with one attached hydrogen (secondary N) is 1. The molecule has 2 aromatic heterocycles.